The van der Waals surface area contributed by atoms with Gasteiger partial charge in [-0.25, -0.2) is 0 Å². The number of nitrogens with two attached hydrogens (primary N) is 1. The van der Waals surface area contributed by atoms with E-state index in [0.717, 1.165) is 18.8 Å². The Bertz CT molecular complexity index is 656. The maximum absolute atomic E-state index is 12.2. The molecule has 1 aromatic heterocycles. The third kappa shape index (κ3) is 2.81. The van der Waals surface area contributed by atoms with Crippen LogP contribution in [0.15, 0.2) is 47.1 Å². The number of benzene rings is 1. The SMILES string of the molecule is NC(=O)c1ccc(N2CCN(C(=O)c3ccco3)CC2)cc1. The standard InChI is InChI=1S/C16H17N3O3/c17-15(20)12-3-5-13(6-4-12)18-7-9-19(10-8-18)16(21)14-2-1-11-22-14/h1-6,11H,7-10H2,(H2,17,20). The van der Waals surface area contributed by atoms with Crippen LogP contribution in [-0.2, 0) is 0 Å². The van der Waals surface area contributed by atoms with Crippen molar-refractivity contribution >= 4 is 17.5 Å². The summed E-state index contributed by atoms with van der Waals surface area (Å²) >= 11 is 0. The first-order valence-corrected chi connectivity index (χ1v) is 7.13. The molecular formula is C16H17N3O3. The largest absolute Gasteiger partial charge is 0.459 e. The molecule has 0 radical (unpaired) electrons. The van der Waals surface area contributed by atoms with Gasteiger partial charge in [0.25, 0.3) is 5.91 Å². The topological polar surface area (TPSA) is 79.8 Å². The molecule has 0 spiro atoms. The van der Waals surface area contributed by atoms with E-state index in [1.165, 1.54) is 6.26 Å². The number of primary amides is 1. The van der Waals surface area contributed by atoms with Gasteiger partial charge in [0.15, 0.2) is 5.76 Å². The van der Waals surface area contributed by atoms with Gasteiger partial charge in [0, 0.05) is 37.4 Å². The first-order chi connectivity index (χ1) is 10.6. The summed E-state index contributed by atoms with van der Waals surface area (Å²) in [5, 5.41) is 0. The van der Waals surface area contributed by atoms with Crippen molar-refractivity contribution in [1.82, 2.24) is 4.90 Å². The molecule has 6 heteroatoms. The number of carbonyl (C=O) groups excluding carboxylic acids is 2. The Balaban J connectivity index is 1.62. The molecule has 2 heterocycles. The number of anilines is 1. The van der Waals surface area contributed by atoms with Crippen LogP contribution in [0.4, 0.5) is 5.69 Å². The minimum absolute atomic E-state index is 0.0753. The number of rotatable bonds is 3. The van der Waals surface area contributed by atoms with Crippen LogP contribution in [0.3, 0.4) is 0 Å². The lowest BCUT2D eigenvalue weighted by molar-refractivity contribution is 0.0714. The van der Waals surface area contributed by atoms with E-state index in [1.54, 1.807) is 29.2 Å². The van der Waals surface area contributed by atoms with Crippen molar-refractivity contribution in [2.24, 2.45) is 5.73 Å². The molecule has 3 rings (SSSR count). The summed E-state index contributed by atoms with van der Waals surface area (Å²) in [4.78, 5) is 27.2. The van der Waals surface area contributed by atoms with Gasteiger partial charge in [-0.2, -0.15) is 0 Å². The maximum atomic E-state index is 12.2. The Morgan fingerprint density at radius 3 is 2.23 bits per heavy atom. The first-order valence-electron chi connectivity index (χ1n) is 7.13. The van der Waals surface area contributed by atoms with Crippen molar-refractivity contribution in [2.45, 2.75) is 0 Å². The normalized spacial score (nSPS) is 14.9. The van der Waals surface area contributed by atoms with Gasteiger partial charge in [-0.15, -0.1) is 0 Å². The Labute approximate surface area is 128 Å². The zero-order valence-electron chi connectivity index (χ0n) is 12.1. The fourth-order valence-corrected chi connectivity index (χ4v) is 2.56. The Hall–Kier alpha value is -2.76. The average Bonchev–Trinajstić information content (AvgIpc) is 3.09. The van der Waals surface area contributed by atoms with E-state index in [9.17, 15) is 9.59 Å². The number of hydrogen-bond acceptors (Lipinski definition) is 4. The van der Waals surface area contributed by atoms with Gasteiger partial charge in [0.05, 0.1) is 6.26 Å². The highest BCUT2D eigenvalue weighted by Crippen LogP contribution is 2.18. The summed E-state index contributed by atoms with van der Waals surface area (Å²) in [5.41, 5.74) is 6.75. The Morgan fingerprint density at radius 2 is 1.68 bits per heavy atom. The van der Waals surface area contributed by atoms with E-state index >= 15 is 0 Å². The monoisotopic (exact) mass is 299 g/mol. The molecule has 2 amide bonds. The molecule has 1 aliphatic heterocycles. The van der Waals surface area contributed by atoms with E-state index < -0.39 is 5.91 Å². The summed E-state index contributed by atoms with van der Waals surface area (Å²) in [6, 6.07) is 10.6. The molecule has 1 aromatic carbocycles. The van der Waals surface area contributed by atoms with E-state index in [2.05, 4.69) is 4.90 Å². The van der Waals surface area contributed by atoms with Gasteiger partial charge >= 0.3 is 0 Å². The number of carbonyl (C=O) groups is 2. The molecule has 0 saturated carbocycles. The zero-order chi connectivity index (χ0) is 15.5. The first kappa shape index (κ1) is 14.2. The van der Waals surface area contributed by atoms with Crippen LogP contribution in [0.1, 0.15) is 20.9 Å². The quantitative estimate of drug-likeness (QED) is 0.927. The lowest BCUT2D eigenvalue weighted by Crippen LogP contribution is -2.48. The second-order valence-electron chi connectivity index (χ2n) is 5.17. The van der Waals surface area contributed by atoms with Gasteiger partial charge in [0.2, 0.25) is 5.91 Å². The van der Waals surface area contributed by atoms with Crippen molar-refractivity contribution in [3.05, 3.63) is 54.0 Å². The Kier molecular flexibility index (Phi) is 3.82. The number of piperazine rings is 1. The lowest BCUT2D eigenvalue weighted by atomic mass is 10.1. The fourth-order valence-electron chi connectivity index (χ4n) is 2.56. The highest BCUT2D eigenvalue weighted by atomic mass is 16.3. The minimum atomic E-state index is -0.430. The van der Waals surface area contributed by atoms with Crippen LogP contribution in [0.5, 0.6) is 0 Å². The molecule has 2 N–H and O–H groups in total. The number of furan rings is 1. The lowest BCUT2D eigenvalue weighted by Gasteiger charge is -2.35. The summed E-state index contributed by atoms with van der Waals surface area (Å²) < 4.78 is 5.15. The number of nitrogens with zero attached hydrogens (tertiary/aromatic N) is 2. The molecule has 1 saturated heterocycles. The van der Waals surface area contributed by atoms with Gasteiger partial charge in [0.1, 0.15) is 0 Å². The molecule has 0 aliphatic carbocycles. The van der Waals surface area contributed by atoms with Crippen LogP contribution in [0.25, 0.3) is 0 Å². The summed E-state index contributed by atoms with van der Waals surface area (Å²) in [6.07, 6.45) is 1.50. The fraction of sp³-hybridized carbons (Fsp3) is 0.250. The molecule has 114 valence electrons. The van der Waals surface area contributed by atoms with Crippen LogP contribution < -0.4 is 10.6 Å². The molecule has 2 aromatic rings. The summed E-state index contributed by atoms with van der Waals surface area (Å²) in [5.74, 6) is -0.131. The summed E-state index contributed by atoms with van der Waals surface area (Å²) in [6.45, 7) is 2.75. The van der Waals surface area contributed by atoms with Gasteiger partial charge in [-0.05, 0) is 36.4 Å². The average molecular weight is 299 g/mol. The third-order valence-corrected chi connectivity index (χ3v) is 3.82. The van der Waals surface area contributed by atoms with Crippen molar-refractivity contribution in [3.63, 3.8) is 0 Å². The second kappa shape index (κ2) is 5.93. The molecule has 1 fully saturated rings. The number of hydrogen-bond donors (Lipinski definition) is 1. The summed E-state index contributed by atoms with van der Waals surface area (Å²) in [7, 11) is 0. The van der Waals surface area contributed by atoms with Crippen molar-refractivity contribution < 1.29 is 14.0 Å². The molecular weight excluding hydrogens is 282 g/mol. The highest BCUT2D eigenvalue weighted by Gasteiger charge is 2.23. The smallest absolute Gasteiger partial charge is 0.289 e. The van der Waals surface area contributed by atoms with Gasteiger partial charge in [-0.1, -0.05) is 0 Å². The van der Waals surface area contributed by atoms with Crippen LogP contribution in [-0.4, -0.2) is 42.9 Å². The van der Waals surface area contributed by atoms with Crippen LogP contribution >= 0.6 is 0 Å². The van der Waals surface area contributed by atoms with Gasteiger partial charge < -0.3 is 20.0 Å². The van der Waals surface area contributed by atoms with Crippen LogP contribution in [0.2, 0.25) is 0 Å². The molecule has 6 nitrogen and oxygen atoms in total. The number of amides is 2. The van der Waals surface area contributed by atoms with E-state index in [-0.39, 0.29) is 5.91 Å². The molecule has 0 bridgehead atoms. The highest BCUT2D eigenvalue weighted by molar-refractivity contribution is 5.93. The Morgan fingerprint density at radius 1 is 1.00 bits per heavy atom. The second-order valence-corrected chi connectivity index (χ2v) is 5.17. The van der Waals surface area contributed by atoms with Crippen molar-refractivity contribution in [3.8, 4) is 0 Å². The van der Waals surface area contributed by atoms with E-state index in [0.29, 0.717) is 24.4 Å². The van der Waals surface area contributed by atoms with E-state index in [4.69, 9.17) is 10.2 Å². The van der Waals surface area contributed by atoms with Gasteiger partial charge in [-0.3, -0.25) is 9.59 Å². The van der Waals surface area contributed by atoms with Crippen molar-refractivity contribution in [2.75, 3.05) is 31.1 Å². The molecule has 0 unspecified atom stereocenters. The third-order valence-electron chi connectivity index (χ3n) is 3.82. The predicted molar refractivity (Wildman–Crippen MR) is 81.8 cm³/mol. The zero-order valence-corrected chi connectivity index (χ0v) is 12.1. The van der Waals surface area contributed by atoms with E-state index in [1.807, 2.05) is 12.1 Å². The maximum Gasteiger partial charge on any atom is 0.289 e. The van der Waals surface area contributed by atoms with Crippen molar-refractivity contribution in [1.29, 1.82) is 0 Å². The van der Waals surface area contributed by atoms with Crippen LogP contribution in [0, 0.1) is 0 Å². The minimum Gasteiger partial charge on any atom is -0.459 e. The molecule has 0 atom stereocenters. The molecule has 22 heavy (non-hydrogen) atoms. The predicted octanol–water partition coefficient (Wildman–Crippen LogP) is 1.34. The molecule has 1 aliphatic rings.